The fourth-order valence-electron chi connectivity index (χ4n) is 2.15. The van der Waals surface area contributed by atoms with Crippen LogP contribution in [-0.4, -0.2) is 31.6 Å². The van der Waals surface area contributed by atoms with Crippen molar-refractivity contribution in [1.29, 1.82) is 0 Å². The number of ether oxygens (including phenoxy) is 2. The van der Waals surface area contributed by atoms with Gasteiger partial charge in [0, 0.05) is 13.6 Å². The summed E-state index contributed by atoms with van der Waals surface area (Å²) >= 11 is 0. The van der Waals surface area contributed by atoms with Gasteiger partial charge in [-0.2, -0.15) is 8.78 Å². The van der Waals surface area contributed by atoms with Crippen molar-refractivity contribution in [3.63, 3.8) is 0 Å². The van der Waals surface area contributed by atoms with Crippen molar-refractivity contribution < 1.29 is 23.0 Å². The predicted octanol–water partition coefficient (Wildman–Crippen LogP) is 3.57. The first-order valence-electron chi connectivity index (χ1n) is 6.93. The summed E-state index contributed by atoms with van der Waals surface area (Å²) in [5.41, 5.74) is 1.27. The molecule has 0 aliphatic rings. The van der Waals surface area contributed by atoms with Crippen LogP contribution in [0.25, 0.3) is 0 Å². The van der Waals surface area contributed by atoms with Crippen molar-refractivity contribution in [2.45, 2.75) is 13.2 Å². The van der Waals surface area contributed by atoms with E-state index in [1.807, 2.05) is 0 Å². The second-order valence-electron chi connectivity index (χ2n) is 4.88. The second-order valence-corrected chi connectivity index (χ2v) is 4.88. The molecule has 2 aromatic rings. The van der Waals surface area contributed by atoms with Crippen LogP contribution in [0.4, 0.5) is 8.78 Å². The van der Waals surface area contributed by atoms with Gasteiger partial charge in [0.05, 0.1) is 12.7 Å². The van der Waals surface area contributed by atoms with Gasteiger partial charge in [-0.1, -0.05) is 24.3 Å². The Bertz CT molecular complexity index is 659. The molecular weight excluding hydrogens is 304 g/mol. The molecule has 122 valence electrons. The lowest BCUT2D eigenvalue weighted by molar-refractivity contribution is -0.0498. The number of carbonyl (C=O) groups is 1. The minimum absolute atomic E-state index is 0.0856. The molecule has 6 heteroatoms. The summed E-state index contributed by atoms with van der Waals surface area (Å²) in [5, 5.41) is 0. The molecule has 0 saturated heterocycles. The van der Waals surface area contributed by atoms with Crippen LogP contribution >= 0.6 is 0 Å². The van der Waals surface area contributed by atoms with Crippen molar-refractivity contribution >= 4 is 5.91 Å². The molecular formula is C17H17F2NO3. The Kier molecular flexibility index (Phi) is 5.51. The van der Waals surface area contributed by atoms with E-state index >= 15 is 0 Å². The van der Waals surface area contributed by atoms with Crippen molar-refractivity contribution in [3.8, 4) is 11.5 Å². The molecule has 0 radical (unpaired) electrons. The molecule has 1 amide bonds. The van der Waals surface area contributed by atoms with Gasteiger partial charge in [-0.05, 0) is 29.8 Å². The highest BCUT2D eigenvalue weighted by Crippen LogP contribution is 2.20. The van der Waals surface area contributed by atoms with Crippen LogP contribution in [0.1, 0.15) is 15.9 Å². The number of para-hydroxylation sites is 1. The molecule has 0 atom stereocenters. The standard InChI is InChI=1S/C17H17F2NO3/c1-20(16(21)14-5-3-4-6-15(14)22-2)11-12-7-9-13(10-8-12)23-17(18)19/h3-10,17H,11H2,1-2H3. The number of halogens is 2. The third-order valence-electron chi connectivity index (χ3n) is 3.25. The Balaban J connectivity index is 2.06. The zero-order valence-corrected chi connectivity index (χ0v) is 12.8. The van der Waals surface area contributed by atoms with Gasteiger partial charge in [-0.25, -0.2) is 0 Å². The van der Waals surface area contributed by atoms with Crippen LogP contribution in [0.3, 0.4) is 0 Å². The van der Waals surface area contributed by atoms with E-state index in [1.165, 1.54) is 24.1 Å². The Morgan fingerprint density at radius 3 is 2.39 bits per heavy atom. The summed E-state index contributed by atoms with van der Waals surface area (Å²) < 4.78 is 33.7. The smallest absolute Gasteiger partial charge is 0.387 e. The van der Waals surface area contributed by atoms with Gasteiger partial charge in [0.2, 0.25) is 0 Å². The molecule has 23 heavy (non-hydrogen) atoms. The maximum absolute atomic E-state index is 12.5. The van der Waals surface area contributed by atoms with Crippen LogP contribution in [-0.2, 0) is 6.54 Å². The number of rotatable bonds is 6. The number of benzene rings is 2. The van der Waals surface area contributed by atoms with Crippen LogP contribution in [0.15, 0.2) is 48.5 Å². The van der Waals surface area contributed by atoms with E-state index in [9.17, 15) is 13.6 Å². The van der Waals surface area contributed by atoms with Crippen molar-refractivity contribution in [3.05, 3.63) is 59.7 Å². The monoisotopic (exact) mass is 321 g/mol. The lowest BCUT2D eigenvalue weighted by Crippen LogP contribution is -2.26. The molecule has 4 nitrogen and oxygen atoms in total. The maximum Gasteiger partial charge on any atom is 0.387 e. The highest BCUT2D eigenvalue weighted by Gasteiger charge is 2.16. The molecule has 0 heterocycles. The number of carbonyl (C=O) groups excluding carboxylic acids is 1. The number of alkyl halides is 2. The van der Waals surface area contributed by atoms with E-state index in [-0.39, 0.29) is 11.7 Å². The molecule has 0 unspecified atom stereocenters. The molecule has 0 aliphatic carbocycles. The summed E-state index contributed by atoms with van der Waals surface area (Å²) in [6.45, 7) is -2.51. The zero-order valence-electron chi connectivity index (χ0n) is 12.8. The molecule has 0 saturated carbocycles. The average Bonchev–Trinajstić information content (AvgIpc) is 2.55. The Morgan fingerprint density at radius 2 is 1.78 bits per heavy atom. The molecule has 0 N–H and O–H groups in total. The number of hydrogen-bond donors (Lipinski definition) is 0. The van der Waals surface area contributed by atoms with Crippen molar-refractivity contribution in [2.24, 2.45) is 0 Å². The van der Waals surface area contributed by atoms with Crippen molar-refractivity contribution in [1.82, 2.24) is 4.90 Å². The van der Waals surface area contributed by atoms with E-state index in [0.29, 0.717) is 17.9 Å². The third-order valence-corrected chi connectivity index (χ3v) is 3.25. The summed E-state index contributed by atoms with van der Waals surface area (Å²) in [6, 6.07) is 13.1. The van der Waals surface area contributed by atoms with Crippen molar-refractivity contribution in [2.75, 3.05) is 14.2 Å². The number of nitrogens with zero attached hydrogens (tertiary/aromatic N) is 1. The molecule has 0 fully saturated rings. The average molecular weight is 321 g/mol. The molecule has 2 rings (SSSR count). The van der Waals surface area contributed by atoms with E-state index < -0.39 is 6.61 Å². The minimum Gasteiger partial charge on any atom is -0.496 e. The highest BCUT2D eigenvalue weighted by molar-refractivity contribution is 5.96. The largest absolute Gasteiger partial charge is 0.496 e. The van der Waals surface area contributed by atoms with E-state index in [1.54, 1.807) is 43.4 Å². The first-order chi connectivity index (χ1) is 11.0. The van der Waals surface area contributed by atoms with E-state index in [0.717, 1.165) is 5.56 Å². The van der Waals surface area contributed by atoms with Gasteiger partial charge >= 0.3 is 6.61 Å². The normalized spacial score (nSPS) is 10.5. The molecule has 0 aliphatic heterocycles. The number of hydrogen-bond acceptors (Lipinski definition) is 3. The van der Waals surface area contributed by atoms with Gasteiger partial charge < -0.3 is 14.4 Å². The highest BCUT2D eigenvalue weighted by atomic mass is 19.3. The Hall–Kier alpha value is -2.63. The fraction of sp³-hybridized carbons (Fsp3) is 0.235. The van der Waals surface area contributed by atoms with Crippen LogP contribution in [0.2, 0.25) is 0 Å². The Morgan fingerprint density at radius 1 is 1.13 bits per heavy atom. The molecule has 0 aromatic heterocycles. The van der Waals surface area contributed by atoms with Gasteiger partial charge in [-0.15, -0.1) is 0 Å². The summed E-state index contributed by atoms with van der Waals surface area (Å²) in [6.07, 6.45) is 0. The molecule has 2 aromatic carbocycles. The summed E-state index contributed by atoms with van der Waals surface area (Å²) in [4.78, 5) is 14.0. The van der Waals surface area contributed by atoms with E-state index in [4.69, 9.17) is 4.74 Å². The lowest BCUT2D eigenvalue weighted by Gasteiger charge is -2.19. The topological polar surface area (TPSA) is 38.8 Å². The lowest BCUT2D eigenvalue weighted by atomic mass is 10.1. The van der Waals surface area contributed by atoms with Crippen LogP contribution in [0.5, 0.6) is 11.5 Å². The summed E-state index contributed by atoms with van der Waals surface area (Å²) in [7, 11) is 3.17. The van der Waals surface area contributed by atoms with Gasteiger partial charge in [-0.3, -0.25) is 4.79 Å². The SMILES string of the molecule is COc1ccccc1C(=O)N(C)Cc1ccc(OC(F)F)cc1. The number of methoxy groups -OCH3 is 1. The van der Waals surface area contributed by atoms with Gasteiger partial charge in [0.1, 0.15) is 11.5 Å². The Labute approximate surface area is 133 Å². The van der Waals surface area contributed by atoms with Gasteiger partial charge in [0.25, 0.3) is 5.91 Å². The third kappa shape index (κ3) is 4.42. The summed E-state index contributed by atoms with van der Waals surface area (Å²) in [5.74, 6) is 0.405. The van der Waals surface area contributed by atoms with E-state index in [2.05, 4.69) is 4.74 Å². The first kappa shape index (κ1) is 16.7. The molecule has 0 spiro atoms. The second kappa shape index (κ2) is 7.58. The maximum atomic E-state index is 12.5. The quantitative estimate of drug-likeness (QED) is 0.816. The fourth-order valence-corrected chi connectivity index (χ4v) is 2.15. The zero-order chi connectivity index (χ0) is 16.8. The number of amides is 1. The predicted molar refractivity (Wildman–Crippen MR) is 81.9 cm³/mol. The van der Waals surface area contributed by atoms with Crippen LogP contribution < -0.4 is 9.47 Å². The first-order valence-corrected chi connectivity index (χ1v) is 6.93. The minimum atomic E-state index is -2.85. The van der Waals surface area contributed by atoms with Gasteiger partial charge in [0.15, 0.2) is 0 Å². The molecule has 0 bridgehead atoms. The van der Waals surface area contributed by atoms with Crippen LogP contribution in [0, 0.1) is 0 Å².